The molecule has 0 aliphatic carbocycles. The molecule has 0 saturated heterocycles. The number of hydrogen-bond acceptors (Lipinski definition) is 5. The first-order chi connectivity index (χ1) is 12.9. The number of benzene rings is 1. The first-order valence-electron chi connectivity index (χ1n) is 8.59. The fraction of sp³-hybridized carbons (Fsp3) is 0.316. The van der Waals surface area contributed by atoms with Crippen LogP contribution in [0.1, 0.15) is 23.8 Å². The molecular formula is C19H24N4O4. The van der Waals surface area contributed by atoms with Crippen LogP contribution in [-0.2, 0) is 21.4 Å². The number of nitrogens with one attached hydrogen (secondary N) is 2. The van der Waals surface area contributed by atoms with Gasteiger partial charge in [-0.25, -0.2) is 0 Å². The second-order valence-electron chi connectivity index (χ2n) is 6.13. The van der Waals surface area contributed by atoms with Gasteiger partial charge in [-0.05, 0) is 37.1 Å². The smallest absolute Gasteiger partial charge is 0.322 e. The van der Waals surface area contributed by atoms with Gasteiger partial charge in [0.1, 0.15) is 11.7 Å². The van der Waals surface area contributed by atoms with Crippen molar-refractivity contribution in [3.8, 4) is 11.1 Å². The zero-order chi connectivity index (χ0) is 19.8. The summed E-state index contributed by atoms with van der Waals surface area (Å²) in [7, 11) is 1.80. The van der Waals surface area contributed by atoms with Gasteiger partial charge in [-0.3, -0.25) is 14.4 Å². The monoisotopic (exact) mass is 372 g/mol. The molecule has 0 saturated carbocycles. The number of aryl methyl sites for hydroxylation is 1. The molecule has 1 heterocycles. The maximum absolute atomic E-state index is 12.3. The minimum absolute atomic E-state index is 0.207. The van der Waals surface area contributed by atoms with Gasteiger partial charge in [0.2, 0.25) is 6.41 Å². The van der Waals surface area contributed by atoms with Gasteiger partial charge in [-0.2, -0.15) is 0 Å². The third kappa shape index (κ3) is 5.68. The topological polar surface area (TPSA) is 115 Å². The summed E-state index contributed by atoms with van der Waals surface area (Å²) in [6, 6.07) is 8.48. The number of amides is 2. The van der Waals surface area contributed by atoms with Crippen LogP contribution >= 0.6 is 0 Å². The van der Waals surface area contributed by atoms with Crippen LogP contribution in [0.4, 0.5) is 5.69 Å². The average Bonchev–Trinajstić information content (AvgIpc) is 3.03. The molecule has 0 bridgehead atoms. The summed E-state index contributed by atoms with van der Waals surface area (Å²) < 4.78 is 6.70. The maximum atomic E-state index is 12.3. The maximum Gasteiger partial charge on any atom is 0.322 e. The minimum atomic E-state index is -0.648. The molecule has 1 aromatic heterocycles. The van der Waals surface area contributed by atoms with Gasteiger partial charge in [0.05, 0.1) is 6.61 Å². The molecule has 0 radical (unpaired) electrons. The predicted molar refractivity (Wildman–Crippen MR) is 102 cm³/mol. The van der Waals surface area contributed by atoms with Crippen LogP contribution < -0.4 is 16.4 Å². The Morgan fingerprint density at radius 1 is 1.26 bits per heavy atom. The van der Waals surface area contributed by atoms with Crippen molar-refractivity contribution in [2.45, 2.75) is 19.4 Å². The van der Waals surface area contributed by atoms with Crippen molar-refractivity contribution in [2.24, 2.45) is 12.8 Å². The van der Waals surface area contributed by atoms with Crippen LogP contribution in [0.2, 0.25) is 0 Å². The summed E-state index contributed by atoms with van der Waals surface area (Å²) in [5, 5.41) is 5.38. The van der Waals surface area contributed by atoms with Crippen LogP contribution in [0.25, 0.3) is 11.1 Å². The molecule has 0 fully saturated rings. The molecule has 0 unspecified atom stereocenters. The molecule has 8 heteroatoms. The molecule has 27 heavy (non-hydrogen) atoms. The van der Waals surface area contributed by atoms with E-state index >= 15 is 0 Å². The highest BCUT2D eigenvalue weighted by atomic mass is 16.5. The van der Waals surface area contributed by atoms with Gasteiger partial charge in [0.25, 0.3) is 5.91 Å². The van der Waals surface area contributed by atoms with E-state index in [4.69, 9.17) is 10.5 Å². The van der Waals surface area contributed by atoms with Crippen LogP contribution in [0.5, 0.6) is 0 Å². The third-order valence-electron chi connectivity index (χ3n) is 3.90. The number of hydrogen-bond donors (Lipinski definition) is 3. The molecule has 0 aliphatic rings. The lowest BCUT2D eigenvalue weighted by molar-refractivity contribution is -0.144. The lowest BCUT2D eigenvalue weighted by atomic mass is 10.1. The van der Waals surface area contributed by atoms with Gasteiger partial charge in [0, 0.05) is 31.0 Å². The van der Waals surface area contributed by atoms with Crippen LogP contribution in [-0.4, -0.2) is 42.0 Å². The van der Waals surface area contributed by atoms with Gasteiger partial charge in [0.15, 0.2) is 0 Å². The zero-order valence-electron chi connectivity index (χ0n) is 15.4. The fourth-order valence-corrected chi connectivity index (χ4v) is 2.44. The Morgan fingerprint density at radius 3 is 2.59 bits per heavy atom. The number of carbonyl (C=O) groups is 3. The van der Waals surface area contributed by atoms with Gasteiger partial charge < -0.3 is 25.7 Å². The molecular weight excluding hydrogens is 348 g/mol. The Hall–Kier alpha value is -3.13. The highest BCUT2D eigenvalue weighted by Crippen LogP contribution is 2.23. The fourth-order valence-electron chi connectivity index (χ4n) is 2.44. The molecule has 2 rings (SSSR count). The lowest BCUT2D eigenvalue weighted by Gasteiger charge is -2.08. The zero-order valence-corrected chi connectivity index (χ0v) is 15.4. The van der Waals surface area contributed by atoms with Gasteiger partial charge in [-0.1, -0.05) is 12.1 Å². The second kappa shape index (κ2) is 9.54. The summed E-state index contributed by atoms with van der Waals surface area (Å²) in [6.07, 6.45) is 2.99. The van der Waals surface area contributed by atoms with Crippen molar-refractivity contribution < 1.29 is 19.1 Å². The molecule has 2 amide bonds. The first kappa shape index (κ1) is 20.2. The number of rotatable bonds is 9. The second-order valence-corrected chi connectivity index (χ2v) is 6.13. The highest BCUT2D eigenvalue weighted by Gasteiger charge is 2.13. The number of ether oxygens (including phenoxy) is 1. The Balaban J connectivity index is 1.90. The molecule has 144 valence electrons. The van der Waals surface area contributed by atoms with E-state index in [0.29, 0.717) is 30.8 Å². The summed E-state index contributed by atoms with van der Waals surface area (Å²) in [6.45, 7) is 2.15. The van der Waals surface area contributed by atoms with Crippen molar-refractivity contribution in [1.82, 2.24) is 9.88 Å². The van der Waals surface area contributed by atoms with Crippen molar-refractivity contribution >= 4 is 24.0 Å². The van der Waals surface area contributed by atoms with E-state index in [1.54, 1.807) is 36.7 Å². The van der Waals surface area contributed by atoms with E-state index in [0.717, 1.165) is 11.1 Å². The first-order valence-corrected chi connectivity index (χ1v) is 8.59. The third-order valence-corrected chi connectivity index (χ3v) is 3.90. The summed E-state index contributed by atoms with van der Waals surface area (Å²) in [5.41, 5.74) is 8.45. The van der Waals surface area contributed by atoms with Crippen molar-refractivity contribution in [2.75, 3.05) is 18.5 Å². The largest absolute Gasteiger partial charge is 0.464 e. The van der Waals surface area contributed by atoms with Crippen LogP contribution in [0.15, 0.2) is 36.5 Å². The molecule has 4 N–H and O–H groups in total. The number of nitrogens with zero attached hydrogens (tertiary/aromatic N) is 1. The van der Waals surface area contributed by atoms with Crippen molar-refractivity contribution in [3.63, 3.8) is 0 Å². The summed E-state index contributed by atoms with van der Waals surface area (Å²) >= 11 is 0. The Kier molecular flexibility index (Phi) is 7.13. The van der Waals surface area contributed by atoms with Crippen LogP contribution in [0, 0.1) is 0 Å². The minimum Gasteiger partial charge on any atom is -0.464 e. The lowest BCUT2D eigenvalue weighted by Crippen LogP contribution is -2.30. The number of aromatic nitrogens is 1. The predicted octanol–water partition coefficient (Wildman–Crippen LogP) is 1.27. The number of nitrogens with two attached hydrogens (primary N) is 1. The molecule has 0 spiro atoms. The Labute approximate surface area is 157 Å². The summed E-state index contributed by atoms with van der Waals surface area (Å²) in [4.78, 5) is 34.0. The standard InChI is InChI=1S/C19H24N4O4/c1-13(20)19(26)27-9-3-8-21-18(25)17-10-15(11-23(17)2)14-4-6-16(7-5-14)22-12-24/h4-7,10-13H,3,8-9,20H2,1-2H3,(H,21,25)(H,22,24)/t13-/m0/s1. The van der Waals surface area contributed by atoms with Crippen molar-refractivity contribution in [3.05, 3.63) is 42.2 Å². The SMILES string of the molecule is C[C@H](N)C(=O)OCCCNC(=O)c1cc(-c2ccc(NC=O)cc2)cn1C. The van der Waals surface area contributed by atoms with Crippen LogP contribution in [0.3, 0.4) is 0 Å². The van der Waals surface area contributed by atoms with E-state index in [9.17, 15) is 14.4 Å². The van der Waals surface area contributed by atoms with Crippen molar-refractivity contribution in [1.29, 1.82) is 0 Å². The normalized spacial score (nSPS) is 11.5. The van der Waals surface area contributed by atoms with E-state index in [-0.39, 0.29) is 12.5 Å². The Bertz CT molecular complexity index is 797. The van der Waals surface area contributed by atoms with E-state index in [2.05, 4.69) is 10.6 Å². The quantitative estimate of drug-likeness (QED) is 0.348. The number of anilines is 1. The van der Waals surface area contributed by atoms with Gasteiger partial charge in [-0.15, -0.1) is 0 Å². The number of esters is 1. The van der Waals surface area contributed by atoms with E-state index < -0.39 is 12.0 Å². The number of carbonyl (C=O) groups excluding carboxylic acids is 3. The molecule has 8 nitrogen and oxygen atoms in total. The average molecular weight is 372 g/mol. The highest BCUT2D eigenvalue weighted by molar-refractivity contribution is 5.94. The molecule has 1 aromatic carbocycles. The van der Waals surface area contributed by atoms with E-state index in [1.807, 2.05) is 18.3 Å². The summed E-state index contributed by atoms with van der Waals surface area (Å²) in [5.74, 6) is -0.663. The van der Waals surface area contributed by atoms with E-state index in [1.165, 1.54) is 0 Å². The molecule has 0 aliphatic heterocycles. The Morgan fingerprint density at radius 2 is 1.96 bits per heavy atom. The molecule has 1 atom stereocenters. The molecule has 2 aromatic rings. The van der Waals surface area contributed by atoms with Gasteiger partial charge >= 0.3 is 5.97 Å².